The fraction of sp³-hybridized carbons (Fsp3) is 0.824. The van der Waals surface area contributed by atoms with Crippen LogP contribution in [0.25, 0.3) is 0 Å². The normalized spacial score (nSPS) is 22.5. The average molecular weight is 320 g/mol. The van der Waals surface area contributed by atoms with Crippen LogP contribution in [-0.2, 0) is 13.6 Å². The van der Waals surface area contributed by atoms with Crippen molar-refractivity contribution in [3.05, 3.63) is 11.6 Å². The Morgan fingerprint density at radius 2 is 2.13 bits per heavy atom. The largest absolute Gasteiger partial charge is 0.357 e. The SMILES string of the molecule is CCCC1(C)CCCN(C(=NCc2nnc(C)n2C)NCC)C1. The zero-order valence-electron chi connectivity index (χ0n) is 15.4. The van der Waals surface area contributed by atoms with Crippen molar-refractivity contribution in [1.82, 2.24) is 25.0 Å². The van der Waals surface area contributed by atoms with Crippen molar-refractivity contribution >= 4 is 5.96 Å². The van der Waals surface area contributed by atoms with Gasteiger partial charge in [-0.15, -0.1) is 10.2 Å². The number of likely N-dealkylation sites (tertiary alicyclic amines) is 1. The molecule has 6 nitrogen and oxygen atoms in total. The molecule has 6 heteroatoms. The summed E-state index contributed by atoms with van der Waals surface area (Å²) in [4.78, 5) is 7.24. The number of rotatable bonds is 5. The summed E-state index contributed by atoms with van der Waals surface area (Å²) in [5.41, 5.74) is 0.407. The topological polar surface area (TPSA) is 58.3 Å². The van der Waals surface area contributed by atoms with Crippen LogP contribution < -0.4 is 5.32 Å². The van der Waals surface area contributed by atoms with Gasteiger partial charge in [0, 0.05) is 26.7 Å². The number of piperidine rings is 1. The molecule has 0 amide bonds. The summed E-state index contributed by atoms with van der Waals surface area (Å²) < 4.78 is 2.00. The highest BCUT2D eigenvalue weighted by Crippen LogP contribution is 2.33. The summed E-state index contributed by atoms with van der Waals surface area (Å²) in [5.74, 6) is 2.84. The van der Waals surface area contributed by atoms with Gasteiger partial charge in [0.05, 0.1) is 0 Å². The number of nitrogens with zero attached hydrogens (tertiary/aromatic N) is 5. The minimum atomic E-state index is 0.407. The van der Waals surface area contributed by atoms with E-state index in [1.165, 1.54) is 25.7 Å². The van der Waals surface area contributed by atoms with Crippen molar-refractivity contribution in [2.45, 2.75) is 59.9 Å². The smallest absolute Gasteiger partial charge is 0.194 e. The van der Waals surface area contributed by atoms with Crippen molar-refractivity contribution in [3.63, 3.8) is 0 Å². The van der Waals surface area contributed by atoms with E-state index in [0.29, 0.717) is 12.0 Å². The monoisotopic (exact) mass is 320 g/mol. The molecule has 1 aromatic heterocycles. The molecule has 2 rings (SSSR count). The minimum absolute atomic E-state index is 0.407. The highest BCUT2D eigenvalue weighted by Gasteiger charge is 2.31. The van der Waals surface area contributed by atoms with E-state index in [4.69, 9.17) is 4.99 Å². The van der Waals surface area contributed by atoms with Crippen LogP contribution in [0, 0.1) is 12.3 Å². The molecular formula is C17H32N6. The van der Waals surface area contributed by atoms with Gasteiger partial charge >= 0.3 is 0 Å². The van der Waals surface area contributed by atoms with Crippen LogP contribution in [0.15, 0.2) is 4.99 Å². The Labute approximate surface area is 140 Å². The lowest BCUT2D eigenvalue weighted by atomic mass is 9.78. The number of aromatic nitrogens is 3. The lowest BCUT2D eigenvalue weighted by molar-refractivity contribution is 0.142. The van der Waals surface area contributed by atoms with E-state index >= 15 is 0 Å². The summed E-state index contributed by atoms with van der Waals surface area (Å²) in [5, 5.41) is 11.8. The molecule has 0 bridgehead atoms. The maximum absolute atomic E-state index is 4.82. The van der Waals surface area contributed by atoms with Crippen LogP contribution in [-0.4, -0.2) is 45.3 Å². The van der Waals surface area contributed by atoms with Crippen molar-refractivity contribution in [1.29, 1.82) is 0 Å². The molecule has 0 aromatic carbocycles. The summed E-state index contributed by atoms with van der Waals surface area (Å²) in [6.45, 7) is 12.4. The van der Waals surface area contributed by atoms with E-state index in [2.05, 4.69) is 41.2 Å². The molecule has 1 N–H and O–H groups in total. The first-order valence-corrected chi connectivity index (χ1v) is 8.87. The van der Waals surface area contributed by atoms with Crippen LogP contribution in [0.2, 0.25) is 0 Å². The van der Waals surface area contributed by atoms with Gasteiger partial charge in [0.1, 0.15) is 12.4 Å². The van der Waals surface area contributed by atoms with Crippen molar-refractivity contribution < 1.29 is 0 Å². The Balaban J connectivity index is 2.10. The Kier molecular flexibility index (Phi) is 6.02. The highest BCUT2D eigenvalue weighted by atomic mass is 15.3. The minimum Gasteiger partial charge on any atom is -0.357 e. The zero-order valence-corrected chi connectivity index (χ0v) is 15.4. The number of guanidine groups is 1. The molecule has 0 saturated carbocycles. The second kappa shape index (κ2) is 7.79. The van der Waals surface area contributed by atoms with Gasteiger partial charge < -0.3 is 14.8 Å². The Morgan fingerprint density at radius 3 is 2.74 bits per heavy atom. The molecule has 1 aliphatic heterocycles. The summed E-state index contributed by atoms with van der Waals surface area (Å²) in [6, 6.07) is 0. The maximum Gasteiger partial charge on any atom is 0.194 e. The predicted molar refractivity (Wildman–Crippen MR) is 94.4 cm³/mol. The van der Waals surface area contributed by atoms with Gasteiger partial charge in [-0.2, -0.15) is 0 Å². The molecule has 1 atom stereocenters. The number of aliphatic imine (C=N–C) groups is 1. The third-order valence-corrected chi connectivity index (χ3v) is 4.82. The second-order valence-corrected chi connectivity index (χ2v) is 6.98. The molecule has 1 unspecified atom stereocenters. The first-order chi connectivity index (χ1) is 11.0. The third kappa shape index (κ3) is 4.45. The summed E-state index contributed by atoms with van der Waals surface area (Å²) in [7, 11) is 1.99. The van der Waals surface area contributed by atoms with E-state index in [1.54, 1.807) is 0 Å². The van der Waals surface area contributed by atoms with Gasteiger partial charge in [-0.05, 0) is 38.5 Å². The van der Waals surface area contributed by atoms with Crippen LogP contribution in [0.4, 0.5) is 0 Å². The van der Waals surface area contributed by atoms with Crippen molar-refractivity contribution in [3.8, 4) is 0 Å². The molecule has 0 spiro atoms. The highest BCUT2D eigenvalue weighted by molar-refractivity contribution is 5.80. The lowest BCUT2D eigenvalue weighted by Gasteiger charge is -2.42. The molecular weight excluding hydrogens is 288 g/mol. The Hall–Kier alpha value is -1.59. The van der Waals surface area contributed by atoms with Gasteiger partial charge in [-0.25, -0.2) is 4.99 Å². The quantitative estimate of drug-likeness (QED) is 0.669. The first kappa shape index (κ1) is 17.8. The van der Waals surface area contributed by atoms with Crippen LogP contribution in [0.5, 0.6) is 0 Å². The predicted octanol–water partition coefficient (Wildman–Crippen LogP) is 2.49. The molecule has 1 aliphatic rings. The van der Waals surface area contributed by atoms with Gasteiger partial charge in [-0.1, -0.05) is 20.3 Å². The van der Waals surface area contributed by atoms with Crippen LogP contribution in [0.1, 0.15) is 58.1 Å². The van der Waals surface area contributed by atoms with E-state index in [-0.39, 0.29) is 0 Å². The molecule has 23 heavy (non-hydrogen) atoms. The molecule has 0 radical (unpaired) electrons. The number of hydrogen-bond donors (Lipinski definition) is 1. The standard InChI is InChI=1S/C17H32N6/c1-6-9-17(4)10-8-11-23(13-17)16(18-7-2)19-12-15-21-20-14(3)22(15)5/h6-13H2,1-5H3,(H,18,19). The van der Waals surface area contributed by atoms with Gasteiger partial charge in [0.2, 0.25) is 0 Å². The molecule has 1 aromatic rings. The number of nitrogens with one attached hydrogen (secondary N) is 1. The van der Waals surface area contributed by atoms with Crippen LogP contribution in [0.3, 0.4) is 0 Å². The van der Waals surface area contributed by atoms with Crippen molar-refractivity contribution in [2.75, 3.05) is 19.6 Å². The summed E-state index contributed by atoms with van der Waals surface area (Å²) in [6.07, 6.45) is 5.09. The van der Waals surface area contributed by atoms with E-state index in [0.717, 1.165) is 37.2 Å². The van der Waals surface area contributed by atoms with Crippen LogP contribution >= 0.6 is 0 Å². The van der Waals surface area contributed by atoms with E-state index in [9.17, 15) is 0 Å². The average Bonchev–Trinajstić information content (AvgIpc) is 2.83. The molecule has 130 valence electrons. The molecule has 1 fully saturated rings. The Morgan fingerprint density at radius 1 is 1.35 bits per heavy atom. The Bertz CT molecular complexity index is 531. The van der Waals surface area contributed by atoms with Gasteiger partial charge in [-0.3, -0.25) is 0 Å². The van der Waals surface area contributed by atoms with E-state index < -0.39 is 0 Å². The number of aryl methyl sites for hydroxylation is 1. The third-order valence-electron chi connectivity index (χ3n) is 4.82. The van der Waals surface area contributed by atoms with E-state index in [1.807, 2.05) is 18.5 Å². The molecule has 1 saturated heterocycles. The maximum atomic E-state index is 4.82. The van der Waals surface area contributed by atoms with Gasteiger partial charge in [0.15, 0.2) is 11.8 Å². The fourth-order valence-electron chi connectivity index (χ4n) is 3.46. The second-order valence-electron chi connectivity index (χ2n) is 6.98. The lowest BCUT2D eigenvalue weighted by Crippen LogP contribution is -2.49. The first-order valence-electron chi connectivity index (χ1n) is 8.87. The fourth-order valence-corrected chi connectivity index (χ4v) is 3.46. The van der Waals surface area contributed by atoms with Crippen molar-refractivity contribution in [2.24, 2.45) is 17.5 Å². The molecule has 0 aliphatic carbocycles. The summed E-state index contributed by atoms with van der Waals surface area (Å²) >= 11 is 0. The zero-order chi connectivity index (χ0) is 16.9. The van der Waals surface area contributed by atoms with Gasteiger partial charge in [0.25, 0.3) is 0 Å². The molecule has 2 heterocycles. The number of hydrogen-bond acceptors (Lipinski definition) is 3.